The third-order valence-electron chi connectivity index (χ3n) is 2.36. The number of amides is 1. The third kappa shape index (κ3) is 3.31. The summed E-state index contributed by atoms with van der Waals surface area (Å²) in [5, 5.41) is 12.1. The van der Waals surface area contributed by atoms with Crippen LogP contribution in [0.15, 0.2) is 12.3 Å². The van der Waals surface area contributed by atoms with Crippen molar-refractivity contribution in [3.8, 4) is 0 Å². The lowest BCUT2D eigenvalue weighted by atomic mass is 10.2. The summed E-state index contributed by atoms with van der Waals surface area (Å²) in [5.41, 5.74) is 0.421. The minimum Gasteiger partial charge on any atom is -0.395 e. The van der Waals surface area contributed by atoms with Crippen LogP contribution in [0.3, 0.4) is 0 Å². The van der Waals surface area contributed by atoms with Gasteiger partial charge in [0.15, 0.2) is 0 Å². The second kappa shape index (κ2) is 6.42. The number of aliphatic hydroxyl groups is 1. The molecule has 94 valence electrons. The molecular weight excluding hydrogens is 242 g/mol. The summed E-state index contributed by atoms with van der Waals surface area (Å²) < 4.78 is 0. The molecule has 17 heavy (non-hydrogen) atoms. The first-order valence-electron chi connectivity index (χ1n) is 5.37. The van der Waals surface area contributed by atoms with E-state index < -0.39 is 0 Å². The maximum absolute atomic E-state index is 12.0. The maximum Gasteiger partial charge on any atom is 0.255 e. The van der Waals surface area contributed by atoms with E-state index in [4.69, 9.17) is 16.7 Å². The summed E-state index contributed by atoms with van der Waals surface area (Å²) >= 11 is 5.95. The highest BCUT2D eigenvalue weighted by atomic mass is 35.5. The van der Waals surface area contributed by atoms with E-state index in [1.165, 1.54) is 11.1 Å². The van der Waals surface area contributed by atoms with Crippen molar-refractivity contribution in [2.45, 2.75) is 6.92 Å². The number of hydrogen-bond donors (Lipinski definition) is 2. The van der Waals surface area contributed by atoms with Gasteiger partial charge < -0.3 is 15.3 Å². The van der Waals surface area contributed by atoms with E-state index in [2.05, 4.69) is 10.3 Å². The predicted octanol–water partition coefficient (Wildman–Crippen LogP) is 1.23. The molecule has 1 aromatic heterocycles. The van der Waals surface area contributed by atoms with Gasteiger partial charge in [0, 0.05) is 26.3 Å². The van der Waals surface area contributed by atoms with Crippen molar-refractivity contribution in [1.82, 2.24) is 9.88 Å². The van der Waals surface area contributed by atoms with Gasteiger partial charge in [0.1, 0.15) is 5.82 Å². The molecule has 0 fully saturated rings. The van der Waals surface area contributed by atoms with Crippen LogP contribution in [-0.4, -0.2) is 47.6 Å². The summed E-state index contributed by atoms with van der Waals surface area (Å²) in [4.78, 5) is 17.6. The molecule has 0 radical (unpaired) electrons. The number of carbonyl (C=O) groups excluding carboxylic acids is 1. The lowest BCUT2D eigenvalue weighted by Gasteiger charge is -2.19. The number of aliphatic hydroxyl groups excluding tert-OH is 1. The molecule has 0 atom stereocenters. The zero-order valence-electron chi connectivity index (χ0n) is 9.90. The lowest BCUT2D eigenvalue weighted by Crippen LogP contribution is -2.33. The van der Waals surface area contributed by atoms with Gasteiger partial charge >= 0.3 is 0 Å². The van der Waals surface area contributed by atoms with Crippen molar-refractivity contribution in [3.63, 3.8) is 0 Å². The molecule has 1 heterocycles. The van der Waals surface area contributed by atoms with Crippen molar-refractivity contribution in [3.05, 3.63) is 22.8 Å². The zero-order chi connectivity index (χ0) is 12.8. The van der Waals surface area contributed by atoms with E-state index in [9.17, 15) is 4.79 Å². The molecule has 0 saturated carbocycles. The molecule has 6 heteroatoms. The summed E-state index contributed by atoms with van der Waals surface area (Å²) in [6, 6.07) is 1.57. The molecule has 0 aliphatic heterocycles. The van der Waals surface area contributed by atoms with Gasteiger partial charge in [-0.05, 0) is 13.0 Å². The molecule has 1 amide bonds. The normalized spacial score (nSPS) is 10.1. The fourth-order valence-electron chi connectivity index (χ4n) is 1.45. The van der Waals surface area contributed by atoms with E-state index in [-0.39, 0.29) is 12.5 Å². The molecule has 1 aromatic rings. The van der Waals surface area contributed by atoms with Gasteiger partial charge in [-0.15, -0.1) is 0 Å². The van der Waals surface area contributed by atoms with Gasteiger partial charge in [-0.3, -0.25) is 4.79 Å². The number of nitrogens with zero attached hydrogens (tertiary/aromatic N) is 2. The highest BCUT2D eigenvalue weighted by Gasteiger charge is 2.15. The second-order valence-electron chi connectivity index (χ2n) is 3.41. The Labute approximate surface area is 105 Å². The van der Waals surface area contributed by atoms with Crippen LogP contribution in [-0.2, 0) is 0 Å². The summed E-state index contributed by atoms with van der Waals surface area (Å²) in [5.74, 6) is 0.354. The minimum absolute atomic E-state index is 0.0602. The fourth-order valence-corrected chi connectivity index (χ4v) is 1.71. The summed E-state index contributed by atoms with van der Waals surface area (Å²) in [7, 11) is 1.71. The highest BCUT2D eigenvalue weighted by molar-refractivity contribution is 6.33. The molecular formula is C11H16ClN3O2. The SMILES string of the molecule is CCN(CCO)C(=O)c1cnc(NC)c(Cl)c1. The van der Waals surface area contributed by atoms with Gasteiger partial charge in [0.25, 0.3) is 5.91 Å². The molecule has 0 unspecified atom stereocenters. The number of aromatic nitrogens is 1. The largest absolute Gasteiger partial charge is 0.395 e. The summed E-state index contributed by atoms with van der Waals surface area (Å²) in [6.07, 6.45) is 1.47. The fraction of sp³-hybridized carbons (Fsp3) is 0.455. The molecule has 0 aliphatic carbocycles. The quantitative estimate of drug-likeness (QED) is 0.833. The van der Waals surface area contributed by atoms with Crippen LogP contribution in [0.2, 0.25) is 5.02 Å². The van der Waals surface area contributed by atoms with Crippen LogP contribution in [0, 0.1) is 0 Å². The number of halogens is 1. The first kappa shape index (κ1) is 13.7. The van der Waals surface area contributed by atoms with Crippen LogP contribution >= 0.6 is 11.6 Å². The van der Waals surface area contributed by atoms with Crippen molar-refractivity contribution in [1.29, 1.82) is 0 Å². The number of carbonyl (C=O) groups is 1. The Morgan fingerprint density at radius 3 is 2.82 bits per heavy atom. The van der Waals surface area contributed by atoms with Crippen LogP contribution in [0.5, 0.6) is 0 Å². The van der Waals surface area contributed by atoms with Crippen molar-refractivity contribution in [2.24, 2.45) is 0 Å². The Hall–Kier alpha value is -1.33. The van der Waals surface area contributed by atoms with Crippen LogP contribution in [0.4, 0.5) is 5.82 Å². The Bertz CT molecular complexity index is 398. The van der Waals surface area contributed by atoms with Crippen LogP contribution < -0.4 is 5.32 Å². The Kier molecular flexibility index (Phi) is 5.18. The van der Waals surface area contributed by atoms with E-state index in [1.807, 2.05) is 6.92 Å². The van der Waals surface area contributed by atoms with Crippen molar-refractivity contribution in [2.75, 3.05) is 32.1 Å². The molecule has 0 saturated heterocycles. The number of hydrogen-bond acceptors (Lipinski definition) is 4. The van der Waals surface area contributed by atoms with Gasteiger partial charge in [0.2, 0.25) is 0 Å². The number of likely N-dealkylation sites (N-methyl/N-ethyl adjacent to an activating group) is 1. The average molecular weight is 258 g/mol. The molecule has 0 aliphatic rings. The van der Waals surface area contributed by atoms with Gasteiger partial charge in [-0.25, -0.2) is 4.98 Å². The molecule has 0 aromatic carbocycles. The first-order valence-corrected chi connectivity index (χ1v) is 5.75. The zero-order valence-corrected chi connectivity index (χ0v) is 10.7. The van der Waals surface area contributed by atoms with Gasteiger partial charge in [0.05, 0.1) is 17.2 Å². The van der Waals surface area contributed by atoms with E-state index >= 15 is 0 Å². The molecule has 5 nitrogen and oxygen atoms in total. The van der Waals surface area contributed by atoms with E-state index in [0.29, 0.717) is 29.5 Å². The van der Waals surface area contributed by atoms with Crippen molar-refractivity contribution >= 4 is 23.3 Å². The van der Waals surface area contributed by atoms with E-state index in [1.54, 1.807) is 13.1 Å². The monoisotopic (exact) mass is 257 g/mol. The smallest absolute Gasteiger partial charge is 0.255 e. The molecule has 1 rings (SSSR count). The van der Waals surface area contributed by atoms with Gasteiger partial charge in [-0.2, -0.15) is 0 Å². The topological polar surface area (TPSA) is 65.5 Å². The third-order valence-corrected chi connectivity index (χ3v) is 2.65. The maximum atomic E-state index is 12.0. The standard InChI is InChI=1S/C11H16ClN3O2/c1-3-15(4-5-16)11(17)8-6-9(12)10(13-2)14-7-8/h6-7,16H,3-5H2,1-2H3,(H,13,14). The number of rotatable bonds is 5. The number of anilines is 1. The average Bonchev–Trinajstić information content (AvgIpc) is 2.35. The minimum atomic E-state index is -0.182. The second-order valence-corrected chi connectivity index (χ2v) is 3.82. The molecule has 0 spiro atoms. The summed E-state index contributed by atoms with van der Waals surface area (Å²) in [6.45, 7) is 2.63. The first-order chi connectivity index (χ1) is 8.13. The van der Waals surface area contributed by atoms with Crippen LogP contribution in [0.25, 0.3) is 0 Å². The Morgan fingerprint density at radius 2 is 2.35 bits per heavy atom. The Balaban J connectivity index is 2.92. The number of pyridine rings is 1. The highest BCUT2D eigenvalue weighted by Crippen LogP contribution is 2.20. The van der Waals surface area contributed by atoms with Crippen LogP contribution in [0.1, 0.15) is 17.3 Å². The predicted molar refractivity (Wildman–Crippen MR) is 67.5 cm³/mol. The van der Waals surface area contributed by atoms with Gasteiger partial charge in [-0.1, -0.05) is 11.6 Å². The molecule has 0 bridgehead atoms. The van der Waals surface area contributed by atoms with Crippen molar-refractivity contribution < 1.29 is 9.90 Å². The number of nitrogens with one attached hydrogen (secondary N) is 1. The Morgan fingerprint density at radius 1 is 1.65 bits per heavy atom. The molecule has 2 N–H and O–H groups in total. The van der Waals surface area contributed by atoms with E-state index in [0.717, 1.165) is 0 Å². The lowest BCUT2D eigenvalue weighted by molar-refractivity contribution is 0.0731.